The lowest BCUT2D eigenvalue weighted by molar-refractivity contribution is -0.154. The smallest absolute Gasteiger partial charge is 0.277 e. The maximum atomic E-state index is 12.9. The fraction of sp³-hybridized carbons (Fsp3) is 0.571. The first kappa shape index (κ1) is 14.2. The van der Waals surface area contributed by atoms with Gasteiger partial charge in [-0.1, -0.05) is 12.8 Å². The number of carbonyl (C=O) groups excluding carboxylic acids is 3. The van der Waals surface area contributed by atoms with Gasteiger partial charge in [0.15, 0.2) is 0 Å². The third-order valence-corrected chi connectivity index (χ3v) is 5.53. The van der Waals surface area contributed by atoms with E-state index in [-0.39, 0.29) is 5.91 Å². The van der Waals surface area contributed by atoms with Crippen LogP contribution in [-0.2, 0) is 15.1 Å². The lowest BCUT2D eigenvalue weighted by atomic mass is 9.80. The van der Waals surface area contributed by atoms with E-state index in [0.717, 1.165) is 12.8 Å². The van der Waals surface area contributed by atoms with Crippen LogP contribution in [0.1, 0.15) is 44.5 Å². The molecule has 0 unspecified atom stereocenters. The summed E-state index contributed by atoms with van der Waals surface area (Å²) in [4.78, 5) is 42.8. The molecule has 0 radical (unpaired) electrons. The number of aromatic nitrogens is 1. The normalized spacial score (nSPS) is 22.0. The Kier molecular flexibility index (Phi) is 3.12. The van der Waals surface area contributed by atoms with Crippen LogP contribution in [0.3, 0.4) is 0 Å². The SMILES string of the molecule is CC(C)(c1nccs1)N1C(=O)NC(=O)C2(CCCC2)C1=O. The van der Waals surface area contributed by atoms with Gasteiger partial charge in [-0.3, -0.25) is 19.8 Å². The molecule has 1 aromatic heterocycles. The van der Waals surface area contributed by atoms with Crippen molar-refractivity contribution in [3.63, 3.8) is 0 Å². The summed E-state index contributed by atoms with van der Waals surface area (Å²) in [5.74, 6) is -0.824. The van der Waals surface area contributed by atoms with Crippen molar-refractivity contribution < 1.29 is 14.4 Å². The summed E-state index contributed by atoms with van der Waals surface area (Å²) in [7, 11) is 0. The molecule has 6 nitrogen and oxygen atoms in total. The lowest BCUT2D eigenvalue weighted by Crippen LogP contribution is -2.67. The summed E-state index contributed by atoms with van der Waals surface area (Å²) in [5.41, 5.74) is -1.94. The third kappa shape index (κ3) is 1.91. The molecular weight excluding hydrogens is 290 g/mol. The van der Waals surface area contributed by atoms with Gasteiger partial charge in [-0.25, -0.2) is 9.78 Å². The van der Waals surface area contributed by atoms with E-state index in [1.165, 1.54) is 16.2 Å². The van der Waals surface area contributed by atoms with Crippen LogP contribution < -0.4 is 5.32 Å². The van der Waals surface area contributed by atoms with Crippen molar-refractivity contribution in [2.24, 2.45) is 5.41 Å². The maximum absolute atomic E-state index is 12.9. The van der Waals surface area contributed by atoms with Crippen LogP contribution in [0.5, 0.6) is 0 Å². The summed E-state index contributed by atoms with van der Waals surface area (Å²) in [6.45, 7) is 3.56. The molecule has 0 bridgehead atoms. The van der Waals surface area contributed by atoms with E-state index < -0.39 is 22.9 Å². The van der Waals surface area contributed by atoms with Crippen LogP contribution in [-0.4, -0.2) is 27.7 Å². The lowest BCUT2D eigenvalue weighted by Gasteiger charge is -2.43. The fourth-order valence-corrected chi connectivity index (χ4v) is 3.98. The molecule has 2 fully saturated rings. The highest BCUT2D eigenvalue weighted by molar-refractivity contribution is 7.09. The molecular formula is C14H17N3O3S. The van der Waals surface area contributed by atoms with E-state index in [1.54, 1.807) is 25.4 Å². The Morgan fingerprint density at radius 3 is 2.52 bits per heavy atom. The summed E-state index contributed by atoms with van der Waals surface area (Å²) < 4.78 is 0. The Hall–Kier alpha value is -1.76. The van der Waals surface area contributed by atoms with Crippen LogP contribution >= 0.6 is 11.3 Å². The number of imide groups is 2. The second-order valence-corrected chi connectivity index (χ2v) is 6.98. The first-order valence-electron chi connectivity index (χ1n) is 7.00. The fourth-order valence-electron chi connectivity index (χ4n) is 3.22. The molecule has 1 aromatic rings. The number of carbonyl (C=O) groups is 3. The number of amides is 4. The van der Waals surface area contributed by atoms with Gasteiger partial charge in [0.1, 0.15) is 10.4 Å². The number of rotatable bonds is 2. The van der Waals surface area contributed by atoms with E-state index in [9.17, 15) is 14.4 Å². The molecule has 1 N–H and O–H groups in total. The minimum atomic E-state index is -1.07. The van der Waals surface area contributed by atoms with Gasteiger partial charge in [-0.05, 0) is 26.7 Å². The monoisotopic (exact) mass is 307 g/mol. The van der Waals surface area contributed by atoms with Crippen molar-refractivity contribution in [3.8, 4) is 0 Å². The van der Waals surface area contributed by atoms with Crippen LogP contribution in [0, 0.1) is 5.41 Å². The van der Waals surface area contributed by atoms with Crippen LogP contribution in [0.15, 0.2) is 11.6 Å². The van der Waals surface area contributed by atoms with Gasteiger partial charge < -0.3 is 0 Å². The number of urea groups is 1. The van der Waals surface area contributed by atoms with E-state index in [4.69, 9.17) is 0 Å². The van der Waals surface area contributed by atoms with Crippen LogP contribution in [0.25, 0.3) is 0 Å². The molecule has 21 heavy (non-hydrogen) atoms. The molecule has 1 spiro atoms. The van der Waals surface area contributed by atoms with Gasteiger partial charge in [0.05, 0.1) is 5.54 Å². The van der Waals surface area contributed by atoms with Crippen LogP contribution in [0.2, 0.25) is 0 Å². The topological polar surface area (TPSA) is 79.4 Å². The Bertz CT molecular complexity index is 603. The highest BCUT2D eigenvalue weighted by atomic mass is 32.1. The molecule has 2 heterocycles. The number of hydrogen-bond acceptors (Lipinski definition) is 5. The number of thiazole rings is 1. The summed E-state index contributed by atoms with van der Waals surface area (Å²) >= 11 is 1.39. The Labute approximate surface area is 126 Å². The highest BCUT2D eigenvalue weighted by Gasteiger charge is 2.58. The average molecular weight is 307 g/mol. The van der Waals surface area contributed by atoms with Gasteiger partial charge in [-0.2, -0.15) is 0 Å². The first-order valence-corrected chi connectivity index (χ1v) is 7.87. The van der Waals surface area contributed by atoms with Crippen molar-refractivity contribution in [3.05, 3.63) is 16.6 Å². The second-order valence-electron chi connectivity index (χ2n) is 6.09. The van der Waals surface area contributed by atoms with E-state index >= 15 is 0 Å². The molecule has 1 saturated heterocycles. The number of barbiturate groups is 1. The summed E-state index contributed by atoms with van der Waals surface area (Å²) in [6, 6.07) is -0.650. The highest BCUT2D eigenvalue weighted by Crippen LogP contribution is 2.44. The zero-order chi connectivity index (χ0) is 15.3. The van der Waals surface area contributed by atoms with Gasteiger partial charge in [0.25, 0.3) is 0 Å². The zero-order valence-electron chi connectivity index (χ0n) is 12.0. The van der Waals surface area contributed by atoms with E-state index in [2.05, 4.69) is 10.3 Å². The Morgan fingerprint density at radius 1 is 1.29 bits per heavy atom. The number of nitrogens with one attached hydrogen (secondary N) is 1. The van der Waals surface area contributed by atoms with E-state index in [0.29, 0.717) is 17.8 Å². The molecule has 0 atom stereocenters. The molecule has 2 aliphatic rings. The number of nitrogens with zero attached hydrogens (tertiary/aromatic N) is 2. The second kappa shape index (κ2) is 4.62. The maximum Gasteiger partial charge on any atom is 0.331 e. The van der Waals surface area contributed by atoms with Crippen molar-refractivity contribution in [2.45, 2.75) is 45.1 Å². The van der Waals surface area contributed by atoms with E-state index in [1.807, 2.05) is 0 Å². The summed E-state index contributed by atoms with van der Waals surface area (Å²) in [6.07, 6.45) is 4.33. The summed E-state index contributed by atoms with van der Waals surface area (Å²) in [5, 5.41) is 4.84. The van der Waals surface area contributed by atoms with Gasteiger partial charge >= 0.3 is 6.03 Å². The predicted octanol–water partition coefficient (Wildman–Crippen LogP) is 2.02. The minimum Gasteiger partial charge on any atom is -0.277 e. The molecule has 112 valence electrons. The third-order valence-electron chi connectivity index (χ3n) is 4.44. The largest absolute Gasteiger partial charge is 0.331 e. The Balaban J connectivity index is 2.03. The van der Waals surface area contributed by atoms with Gasteiger partial charge in [0, 0.05) is 11.6 Å². The molecule has 1 aliphatic heterocycles. The molecule has 7 heteroatoms. The zero-order valence-corrected chi connectivity index (χ0v) is 12.8. The molecule has 4 amide bonds. The predicted molar refractivity (Wildman–Crippen MR) is 76.4 cm³/mol. The molecule has 1 aliphatic carbocycles. The number of hydrogen-bond donors (Lipinski definition) is 1. The van der Waals surface area contributed by atoms with Crippen LogP contribution in [0.4, 0.5) is 4.79 Å². The van der Waals surface area contributed by atoms with Crippen molar-refractivity contribution in [1.29, 1.82) is 0 Å². The minimum absolute atomic E-state index is 0.381. The van der Waals surface area contributed by atoms with Gasteiger partial charge in [0.2, 0.25) is 11.8 Å². The molecule has 0 aromatic carbocycles. The van der Waals surface area contributed by atoms with Crippen molar-refractivity contribution in [2.75, 3.05) is 0 Å². The van der Waals surface area contributed by atoms with Gasteiger partial charge in [-0.15, -0.1) is 11.3 Å². The Morgan fingerprint density at radius 2 is 1.95 bits per heavy atom. The average Bonchev–Trinajstić information content (AvgIpc) is 3.09. The quantitative estimate of drug-likeness (QED) is 0.848. The standard InChI is InChI=1S/C14H17N3O3S/c1-13(2,10-15-7-8-21-10)17-11(19)14(5-3-4-6-14)9(18)16-12(17)20/h7-8H,3-6H2,1-2H3,(H,16,18,20). The van der Waals surface area contributed by atoms with Crippen molar-refractivity contribution in [1.82, 2.24) is 15.2 Å². The molecule has 3 rings (SSSR count). The first-order chi connectivity index (χ1) is 9.89. The molecule has 1 saturated carbocycles. The van der Waals surface area contributed by atoms with Crippen molar-refractivity contribution >= 4 is 29.2 Å².